The topological polar surface area (TPSA) is 84.5 Å². The predicted molar refractivity (Wildman–Crippen MR) is 96.8 cm³/mol. The van der Waals surface area contributed by atoms with Gasteiger partial charge in [-0.2, -0.15) is 4.68 Å². The molecular formula is C17H18ClF2N5O3. The zero-order valence-corrected chi connectivity index (χ0v) is 15.8. The lowest BCUT2D eigenvalue weighted by molar-refractivity contribution is -0.389. The SMILES string of the molecule is Cc1c(Cl)c([N+](=O)[O-])nn1CC(=O)N1CCN(Cc2cccc(F)c2F)CC1. The van der Waals surface area contributed by atoms with Gasteiger partial charge in [0.2, 0.25) is 5.91 Å². The Morgan fingerprint density at radius 2 is 1.96 bits per heavy atom. The number of piperazine rings is 1. The van der Waals surface area contributed by atoms with Gasteiger partial charge in [-0.15, -0.1) is 0 Å². The largest absolute Gasteiger partial charge is 0.408 e. The number of amides is 1. The van der Waals surface area contributed by atoms with E-state index in [4.69, 9.17) is 11.6 Å². The molecule has 1 aromatic carbocycles. The number of nitro groups is 1. The summed E-state index contributed by atoms with van der Waals surface area (Å²) in [4.78, 5) is 26.2. The molecule has 8 nitrogen and oxygen atoms in total. The first-order chi connectivity index (χ1) is 13.3. The fraction of sp³-hybridized carbons (Fsp3) is 0.412. The zero-order chi connectivity index (χ0) is 20.4. The van der Waals surface area contributed by atoms with E-state index in [1.165, 1.54) is 16.8 Å². The van der Waals surface area contributed by atoms with E-state index >= 15 is 0 Å². The van der Waals surface area contributed by atoms with E-state index in [-0.39, 0.29) is 29.6 Å². The molecule has 1 aromatic heterocycles. The Bertz CT molecular complexity index is 912. The number of halogens is 3. The minimum Gasteiger partial charge on any atom is -0.358 e. The summed E-state index contributed by atoms with van der Waals surface area (Å²) < 4.78 is 28.3. The van der Waals surface area contributed by atoms with Crippen LogP contribution in [0.3, 0.4) is 0 Å². The van der Waals surface area contributed by atoms with Crippen LogP contribution in [0.5, 0.6) is 0 Å². The standard InChI is InChI=1S/C17H18ClF2N5O3/c1-11-15(18)17(25(27)28)21-24(11)10-14(26)23-7-5-22(6-8-23)9-12-3-2-4-13(19)16(12)20/h2-4H,5-10H2,1H3. The van der Waals surface area contributed by atoms with E-state index in [1.54, 1.807) is 11.8 Å². The van der Waals surface area contributed by atoms with Gasteiger partial charge in [0.15, 0.2) is 16.7 Å². The Morgan fingerprint density at radius 1 is 1.29 bits per heavy atom. The highest BCUT2D eigenvalue weighted by molar-refractivity contribution is 6.33. The van der Waals surface area contributed by atoms with E-state index < -0.39 is 22.4 Å². The average molecular weight is 414 g/mol. The van der Waals surface area contributed by atoms with Crippen LogP contribution in [0.2, 0.25) is 5.02 Å². The third kappa shape index (κ3) is 4.12. The second kappa shape index (κ2) is 8.19. The number of hydrogen-bond acceptors (Lipinski definition) is 5. The maximum Gasteiger partial charge on any atom is 0.408 e. The Balaban J connectivity index is 1.58. The first-order valence-electron chi connectivity index (χ1n) is 8.58. The number of benzene rings is 1. The molecule has 150 valence electrons. The lowest BCUT2D eigenvalue weighted by atomic mass is 10.1. The third-order valence-electron chi connectivity index (χ3n) is 4.73. The fourth-order valence-corrected chi connectivity index (χ4v) is 3.28. The summed E-state index contributed by atoms with van der Waals surface area (Å²) in [6, 6.07) is 4.07. The van der Waals surface area contributed by atoms with Crippen molar-refractivity contribution in [3.05, 3.63) is 56.2 Å². The molecule has 3 rings (SSSR count). The summed E-state index contributed by atoms with van der Waals surface area (Å²) >= 11 is 5.88. The normalized spacial score (nSPS) is 15.1. The molecule has 0 spiro atoms. The molecule has 0 radical (unpaired) electrons. The van der Waals surface area contributed by atoms with Gasteiger partial charge < -0.3 is 15.0 Å². The number of nitrogens with zero attached hydrogens (tertiary/aromatic N) is 5. The monoisotopic (exact) mass is 413 g/mol. The highest BCUT2D eigenvalue weighted by Crippen LogP contribution is 2.26. The molecule has 11 heteroatoms. The van der Waals surface area contributed by atoms with Crippen molar-refractivity contribution in [2.75, 3.05) is 26.2 Å². The van der Waals surface area contributed by atoms with E-state index in [1.807, 2.05) is 4.90 Å². The minimum atomic E-state index is -0.881. The molecule has 1 amide bonds. The van der Waals surface area contributed by atoms with Crippen molar-refractivity contribution >= 4 is 23.3 Å². The summed E-state index contributed by atoms with van der Waals surface area (Å²) in [5.41, 5.74) is 0.621. The Kier molecular flexibility index (Phi) is 5.90. The molecule has 0 saturated carbocycles. The van der Waals surface area contributed by atoms with Crippen LogP contribution in [0.25, 0.3) is 0 Å². The second-order valence-electron chi connectivity index (χ2n) is 6.51. The van der Waals surface area contributed by atoms with Crippen molar-refractivity contribution in [3.63, 3.8) is 0 Å². The molecule has 0 unspecified atom stereocenters. The van der Waals surface area contributed by atoms with Crippen molar-refractivity contribution in [2.24, 2.45) is 0 Å². The van der Waals surface area contributed by atoms with Gasteiger partial charge in [0, 0.05) is 38.3 Å². The van der Waals surface area contributed by atoms with Crippen molar-refractivity contribution in [3.8, 4) is 0 Å². The number of aromatic nitrogens is 2. The van der Waals surface area contributed by atoms with Crippen LogP contribution in [0.4, 0.5) is 14.6 Å². The number of hydrogen-bond donors (Lipinski definition) is 0. The van der Waals surface area contributed by atoms with Crippen LogP contribution in [0.1, 0.15) is 11.3 Å². The molecule has 28 heavy (non-hydrogen) atoms. The lowest BCUT2D eigenvalue weighted by Gasteiger charge is -2.34. The Morgan fingerprint density at radius 3 is 2.57 bits per heavy atom. The fourth-order valence-electron chi connectivity index (χ4n) is 3.07. The smallest absolute Gasteiger partial charge is 0.358 e. The van der Waals surface area contributed by atoms with Crippen LogP contribution < -0.4 is 0 Å². The highest BCUT2D eigenvalue weighted by atomic mass is 35.5. The first-order valence-corrected chi connectivity index (χ1v) is 8.96. The van der Waals surface area contributed by atoms with Crippen LogP contribution in [0.15, 0.2) is 18.2 Å². The Labute approximate surface area is 164 Å². The molecule has 0 aliphatic carbocycles. The van der Waals surface area contributed by atoms with Gasteiger partial charge >= 0.3 is 5.82 Å². The number of carbonyl (C=O) groups is 1. The first kappa shape index (κ1) is 20.2. The minimum absolute atomic E-state index is 0.0836. The van der Waals surface area contributed by atoms with Gasteiger partial charge in [-0.1, -0.05) is 23.7 Å². The summed E-state index contributed by atoms with van der Waals surface area (Å²) in [6.45, 7) is 3.48. The van der Waals surface area contributed by atoms with Crippen LogP contribution in [-0.4, -0.2) is 56.6 Å². The van der Waals surface area contributed by atoms with Crippen molar-refractivity contribution < 1.29 is 18.5 Å². The van der Waals surface area contributed by atoms with E-state index in [2.05, 4.69) is 5.10 Å². The van der Waals surface area contributed by atoms with Gasteiger partial charge in [-0.05, 0) is 17.9 Å². The third-order valence-corrected chi connectivity index (χ3v) is 5.17. The molecule has 0 N–H and O–H groups in total. The van der Waals surface area contributed by atoms with Gasteiger partial charge in [0.25, 0.3) is 0 Å². The summed E-state index contributed by atoms with van der Waals surface area (Å²) in [5.74, 6) is -2.45. The van der Waals surface area contributed by atoms with Crippen molar-refractivity contribution in [1.82, 2.24) is 19.6 Å². The molecule has 0 bridgehead atoms. The molecular weight excluding hydrogens is 396 g/mol. The second-order valence-corrected chi connectivity index (χ2v) is 6.89. The average Bonchev–Trinajstić information content (AvgIpc) is 2.94. The molecule has 1 saturated heterocycles. The molecule has 1 fully saturated rings. The highest BCUT2D eigenvalue weighted by Gasteiger charge is 2.28. The molecule has 2 aromatic rings. The zero-order valence-electron chi connectivity index (χ0n) is 15.1. The van der Waals surface area contributed by atoms with E-state index in [0.717, 1.165) is 6.07 Å². The van der Waals surface area contributed by atoms with Gasteiger partial charge in [-0.25, -0.2) is 8.78 Å². The number of carbonyl (C=O) groups excluding carboxylic acids is 1. The molecule has 2 heterocycles. The lowest BCUT2D eigenvalue weighted by Crippen LogP contribution is -2.49. The maximum atomic E-state index is 13.8. The van der Waals surface area contributed by atoms with Crippen LogP contribution >= 0.6 is 11.6 Å². The maximum absolute atomic E-state index is 13.8. The van der Waals surface area contributed by atoms with Gasteiger partial charge in [0.05, 0.1) is 10.8 Å². The molecule has 1 aliphatic rings. The number of rotatable bonds is 5. The Hall–Kier alpha value is -2.59. The molecule has 1 aliphatic heterocycles. The summed E-state index contributed by atoms with van der Waals surface area (Å²) in [5, 5.41) is 14.6. The van der Waals surface area contributed by atoms with Crippen molar-refractivity contribution in [1.29, 1.82) is 0 Å². The van der Waals surface area contributed by atoms with Crippen LogP contribution in [-0.2, 0) is 17.9 Å². The van der Waals surface area contributed by atoms with E-state index in [9.17, 15) is 23.7 Å². The summed E-state index contributed by atoms with van der Waals surface area (Å²) in [7, 11) is 0. The van der Waals surface area contributed by atoms with Crippen molar-refractivity contribution in [2.45, 2.75) is 20.0 Å². The summed E-state index contributed by atoms with van der Waals surface area (Å²) in [6.07, 6.45) is 0. The molecule has 0 atom stereocenters. The quantitative estimate of drug-likeness (QED) is 0.555. The van der Waals surface area contributed by atoms with Gasteiger partial charge in [0.1, 0.15) is 6.54 Å². The predicted octanol–water partition coefficient (Wildman–Crippen LogP) is 2.38. The van der Waals surface area contributed by atoms with Gasteiger partial charge in [-0.3, -0.25) is 9.69 Å². The van der Waals surface area contributed by atoms with Crippen LogP contribution in [0, 0.1) is 28.7 Å². The van der Waals surface area contributed by atoms with E-state index in [0.29, 0.717) is 31.9 Å².